The number of halogens is 1. The van der Waals surface area contributed by atoms with Gasteiger partial charge in [0.2, 0.25) is 0 Å². The Kier molecular flexibility index (Phi) is 2.08. The number of phenols is 1. The SMILES string of the molecule is Cc1[nH]c2ccc(O)c(Cl)c2c1C(=O)O. The highest BCUT2D eigenvalue weighted by Crippen LogP contribution is 2.35. The van der Waals surface area contributed by atoms with Crippen LogP contribution in [0.15, 0.2) is 12.1 Å². The number of nitrogens with one attached hydrogen (secondary N) is 1. The van der Waals surface area contributed by atoms with Gasteiger partial charge < -0.3 is 15.2 Å². The fraction of sp³-hybridized carbons (Fsp3) is 0.100. The first-order valence-electron chi connectivity index (χ1n) is 4.25. The Morgan fingerprint density at radius 1 is 1.47 bits per heavy atom. The molecule has 0 aliphatic heterocycles. The molecule has 1 aromatic heterocycles. The molecule has 5 heteroatoms. The molecule has 4 nitrogen and oxygen atoms in total. The van der Waals surface area contributed by atoms with E-state index >= 15 is 0 Å². The molecule has 0 radical (unpaired) electrons. The van der Waals surface area contributed by atoms with E-state index in [-0.39, 0.29) is 16.3 Å². The molecule has 0 aliphatic rings. The van der Waals surface area contributed by atoms with Crippen LogP contribution >= 0.6 is 11.6 Å². The summed E-state index contributed by atoms with van der Waals surface area (Å²) in [6.45, 7) is 1.65. The number of aromatic hydroxyl groups is 1. The lowest BCUT2D eigenvalue weighted by molar-refractivity contribution is 0.0698. The quantitative estimate of drug-likeness (QED) is 0.698. The second kappa shape index (κ2) is 3.17. The molecule has 3 N–H and O–H groups in total. The molecule has 0 saturated heterocycles. The fourth-order valence-electron chi connectivity index (χ4n) is 1.63. The summed E-state index contributed by atoms with van der Waals surface area (Å²) in [7, 11) is 0. The highest BCUT2D eigenvalue weighted by Gasteiger charge is 2.18. The second-order valence-electron chi connectivity index (χ2n) is 3.25. The van der Waals surface area contributed by atoms with E-state index < -0.39 is 5.97 Å². The number of aromatic carboxylic acids is 1. The molecule has 0 atom stereocenters. The zero-order valence-corrected chi connectivity index (χ0v) is 8.59. The smallest absolute Gasteiger partial charge is 0.338 e. The fourth-order valence-corrected chi connectivity index (χ4v) is 1.89. The molecule has 1 aromatic carbocycles. The van der Waals surface area contributed by atoms with Gasteiger partial charge in [0, 0.05) is 16.6 Å². The number of carbonyl (C=O) groups is 1. The molecule has 0 fully saturated rings. The largest absolute Gasteiger partial charge is 0.506 e. The van der Waals surface area contributed by atoms with E-state index in [1.807, 2.05) is 0 Å². The Bertz CT molecular complexity index is 559. The lowest BCUT2D eigenvalue weighted by Gasteiger charge is -1.99. The summed E-state index contributed by atoms with van der Waals surface area (Å²) in [6, 6.07) is 3.02. The van der Waals surface area contributed by atoms with E-state index in [2.05, 4.69) is 4.98 Å². The van der Waals surface area contributed by atoms with Gasteiger partial charge in [0.25, 0.3) is 0 Å². The Labute approximate surface area is 90.1 Å². The average molecular weight is 226 g/mol. The van der Waals surface area contributed by atoms with Crippen molar-refractivity contribution in [2.24, 2.45) is 0 Å². The van der Waals surface area contributed by atoms with Gasteiger partial charge in [-0.3, -0.25) is 0 Å². The van der Waals surface area contributed by atoms with Gasteiger partial charge in [-0.25, -0.2) is 4.79 Å². The summed E-state index contributed by atoms with van der Waals surface area (Å²) in [6.07, 6.45) is 0. The molecular formula is C10H8ClNO3. The molecule has 2 rings (SSSR count). The van der Waals surface area contributed by atoms with E-state index in [4.69, 9.17) is 16.7 Å². The minimum Gasteiger partial charge on any atom is -0.506 e. The topological polar surface area (TPSA) is 73.3 Å². The standard InChI is InChI=1S/C10H8ClNO3/c1-4-7(10(14)15)8-5(12-4)2-3-6(13)9(8)11/h2-3,12-13H,1H3,(H,14,15). The molecule has 78 valence electrons. The summed E-state index contributed by atoms with van der Waals surface area (Å²) in [5, 5.41) is 18.8. The third-order valence-corrected chi connectivity index (χ3v) is 2.67. The minimum absolute atomic E-state index is 0.0641. The second-order valence-corrected chi connectivity index (χ2v) is 3.63. The van der Waals surface area contributed by atoms with Crippen molar-refractivity contribution in [3.05, 3.63) is 28.4 Å². The number of H-pyrrole nitrogens is 1. The van der Waals surface area contributed by atoms with Gasteiger partial charge in [0.05, 0.1) is 10.6 Å². The van der Waals surface area contributed by atoms with Crippen molar-refractivity contribution >= 4 is 28.5 Å². The zero-order valence-electron chi connectivity index (χ0n) is 7.84. The van der Waals surface area contributed by atoms with Crippen molar-refractivity contribution in [2.45, 2.75) is 6.92 Å². The Balaban J connectivity index is 2.96. The predicted molar refractivity (Wildman–Crippen MR) is 56.7 cm³/mol. The molecule has 0 aliphatic carbocycles. The number of carboxylic acid groups (broad SMARTS) is 1. The van der Waals surface area contributed by atoms with E-state index in [1.54, 1.807) is 13.0 Å². The lowest BCUT2D eigenvalue weighted by Crippen LogP contribution is -1.97. The van der Waals surface area contributed by atoms with E-state index in [9.17, 15) is 9.90 Å². The van der Waals surface area contributed by atoms with Gasteiger partial charge >= 0.3 is 5.97 Å². The molecule has 0 unspecified atom stereocenters. The predicted octanol–water partition coefficient (Wildman–Crippen LogP) is 2.53. The minimum atomic E-state index is -1.06. The highest BCUT2D eigenvalue weighted by atomic mass is 35.5. The van der Waals surface area contributed by atoms with E-state index in [1.165, 1.54) is 6.07 Å². The molecule has 2 aromatic rings. The van der Waals surface area contributed by atoms with Crippen molar-refractivity contribution in [1.82, 2.24) is 4.98 Å². The number of aromatic nitrogens is 1. The first-order chi connectivity index (χ1) is 7.02. The van der Waals surface area contributed by atoms with Gasteiger partial charge in [-0.05, 0) is 19.1 Å². The zero-order chi connectivity index (χ0) is 11.2. The maximum atomic E-state index is 11.0. The van der Waals surface area contributed by atoms with E-state index in [0.717, 1.165) is 0 Å². The maximum Gasteiger partial charge on any atom is 0.338 e. The van der Waals surface area contributed by atoms with Crippen LogP contribution in [0.2, 0.25) is 5.02 Å². The molecular weight excluding hydrogens is 218 g/mol. The van der Waals surface area contributed by atoms with Crippen LogP contribution in [0.5, 0.6) is 5.75 Å². The van der Waals surface area contributed by atoms with Gasteiger partial charge in [-0.15, -0.1) is 0 Å². The van der Waals surface area contributed by atoms with Crippen LogP contribution in [0.4, 0.5) is 0 Å². The molecule has 0 saturated carbocycles. The number of phenolic OH excluding ortho intramolecular Hbond substituents is 1. The lowest BCUT2D eigenvalue weighted by atomic mass is 10.1. The number of benzene rings is 1. The normalized spacial score (nSPS) is 10.8. The van der Waals surface area contributed by atoms with Gasteiger partial charge in [0.1, 0.15) is 5.75 Å². The number of fused-ring (bicyclic) bond motifs is 1. The van der Waals surface area contributed by atoms with Gasteiger partial charge in [0.15, 0.2) is 0 Å². The van der Waals surface area contributed by atoms with Crippen LogP contribution in [0.25, 0.3) is 10.9 Å². The highest BCUT2D eigenvalue weighted by molar-refractivity contribution is 6.38. The average Bonchev–Trinajstić information content (AvgIpc) is 2.49. The number of rotatable bonds is 1. The van der Waals surface area contributed by atoms with Gasteiger partial charge in [-0.2, -0.15) is 0 Å². The number of hydrogen-bond donors (Lipinski definition) is 3. The third kappa shape index (κ3) is 1.34. The third-order valence-electron chi connectivity index (χ3n) is 2.28. The summed E-state index contributed by atoms with van der Waals surface area (Å²) < 4.78 is 0. The number of aryl methyl sites for hydroxylation is 1. The number of carboxylic acids is 1. The monoisotopic (exact) mass is 225 g/mol. The summed E-state index contributed by atoms with van der Waals surface area (Å²) in [5.41, 5.74) is 1.23. The Hall–Kier alpha value is -1.68. The first-order valence-corrected chi connectivity index (χ1v) is 4.63. The Morgan fingerprint density at radius 3 is 2.73 bits per heavy atom. The van der Waals surface area contributed by atoms with Gasteiger partial charge in [-0.1, -0.05) is 11.6 Å². The Morgan fingerprint density at radius 2 is 2.13 bits per heavy atom. The van der Waals surface area contributed by atoms with E-state index in [0.29, 0.717) is 16.6 Å². The molecule has 15 heavy (non-hydrogen) atoms. The summed E-state index contributed by atoms with van der Waals surface area (Å²) >= 11 is 5.86. The van der Waals surface area contributed by atoms with Crippen molar-refractivity contribution in [1.29, 1.82) is 0 Å². The molecule has 0 bridgehead atoms. The first kappa shape index (κ1) is 9.86. The van der Waals surface area contributed by atoms with Crippen LogP contribution < -0.4 is 0 Å². The maximum absolute atomic E-state index is 11.0. The number of aromatic amines is 1. The van der Waals surface area contributed by atoms with Crippen LogP contribution in [0.3, 0.4) is 0 Å². The van der Waals surface area contributed by atoms with Crippen LogP contribution in [-0.4, -0.2) is 21.2 Å². The van der Waals surface area contributed by atoms with Crippen LogP contribution in [-0.2, 0) is 0 Å². The van der Waals surface area contributed by atoms with Crippen molar-refractivity contribution in [2.75, 3.05) is 0 Å². The summed E-state index contributed by atoms with van der Waals surface area (Å²) in [5.74, 6) is -1.18. The summed E-state index contributed by atoms with van der Waals surface area (Å²) in [4.78, 5) is 13.9. The van der Waals surface area contributed by atoms with Crippen molar-refractivity contribution < 1.29 is 15.0 Å². The molecule has 0 amide bonds. The van der Waals surface area contributed by atoms with Crippen molar-refractivity contribution in [3.8, 4) is 5.75 Å². The van der Waals surface area contributed by atoms with Crippen LogP contribution in [0.1, 0.15) is 16.1 Å². The van der Waals surface area contributed by atoms with Crippen LogP contribution in [0, 0.1) is 6.92 Å². The van der Waals surface area contributed by atoms with Crippen molar-refractivity contribution in [3.63, 3.8) is 0 Å². The molecule has 0 spiro atoms. The molecule has 1 heterocycles. The number of hydrogen-bond acceptors (Lipinski definition) is 2.